The van der Waals surface area contributed by atoms with Crippen LogP contribution in [0.2, 0.25) is 0 Å². The first-order valence-electron chi connectivity index (χ1n) is 10.7. The van der Waals surface area contributed by atoms with Gasteiger partial charge in [-0.25, -0.2) is 9.59 Å². The van der Waals surface area contributed by atoms with E-state index in [1.807, 2.05) is 54.0 Å². The van der Waals surface area contributed by atoms with Gasteiger partial charge in [-0.15, -0.1) is 0 Å². The Morgan fingerprint density at radius 2 is 1.82 bits per heavy atom. The third-order valence-electron chi connectivity index (χ3n) is 6.61. The summed E-state index contributed by atoms with van der Waals surface area (Å²) in [7, 11) is 0. The number of ether oxygens (including phenoxy) is 2. The molecule has 0 saturated heterocycles. The Hall–Kier alpha value is -4.20. The fourth-order valence-electron chi connectivity index (χ4n) is 5.33. The maximum atomic E-state index is 12.3. The SMILES string of the molecule is CCc1c(C(=O)O)c(C(=O)O)c2n1C(c1ccc3c(c1)OCO3)c1[nH]c3ccccc3c1C2. The standard InChI is InChI=1S/C25H20N2O6/c1-2-16-20(24(28)29)21(25(30)31)17-10-14-13-5-3-4-6-15(13)26-22(14)23(27(16)17)12-7-8-18-19(9-12)33-11-32-18/h3-9,23,26H,2,10-11H2,1H3,(H,28,29)(H,30,31). The van der Waals surface area contributed by atoms with Crippen LogP contribution in [0.4, 0.5) is 0 Å². The van der Waals surface area contributed by atoms with Crippen molar-refractivity contribution in [2.75, 3.05) is 6.79 Å². The van der Waals surface area contributed by atoms with Crippen molar-refractivity contribution in [1.82, 2.24) is 9.55 Å². The zero-order valence-corrected chi connectivity index (χ0v) is 17.7. The van der Waals surface area contributed by atoms with E-state index in [1.165, 1.54) is 0 Å². The molecule has 6 rings (SSSR count). The predicted octanol–water partition coefficient (Wildman–Crippen LogP) is 4.20. The maximum absolute atomic E-state index is 12.3. The van der Waals surface area contributed by atoms with Crippen molar-refractivity contribution < 1.29 is 29.3 Å². The number of nitrogens with one attached hydrogen (secondary N) is 1. The molecule has 2 aromatic heterocycles. The second-order valence-corrected chi connectivity index (χ2v) is 8.23. The van der Waals surface area contributed by atoms with E-state index in [0.29, 0.717) is 35.7 Å². The van der Waals surface area contributed by atoms with Gasteiger partial charge >= 0.3 is 11.9 Å². The summed E-state index contributed by atoms with van der Waals surface area (Å²) >= 11 is 0. The summed E-state index contributed by atoms with van der Waals surface area (Å²) in [4.78, 5) is 28.1. The first kappa shape index (κ1) is 19.5. The van der Waals surface area contributed by atoms with Crippen LogP contribution in [0.3, 0.4) is 0 Å². The molecule has 33 heavy (non-hydrogen) atoms. The highest BCUT2D eigenvalue weighted by Crippen LogP contribution is 2.45. The van der Waals surface area contributed by atoms with Crippen LogP contribution >= 0.6 is 0 Å². The highest BCUT2D eigenvalue weighted by molar-refractivity contribution is 6.04. The van der Waals surface area contributed by atoms with Crippen molar-refractivity contribution >= 4 is 22.8 Å². The Bertz CT molecular complexity index is 1480. The summed E-state index contributed by atoms with van der Waals surface area (Å²) in [5.41, 5.74) is 4.40. The molecule has 1 unspecified atom stereocenters. The summed E-state index contributed by atoms with van der Waals surface area (Å²) in [6.45, 7) is 1.99. The van der Waals surface area contributed by atoms with Crippen LogP contribution in [0.25, 0.3) is 10.9 Å². The molecule has 8 nitrogen and oxygen atoms in total. The molecule has 0 fully saturated rings. The number of fused-ring (bicyclic) bond motifs is 5. The Kier molecular flexibility index (Phi) is 4.07. The number of carbonyl (C=O) groups is 2. The van der Waals surface area contributed by atoms with E-state index in [4.69, 9.17) is 9.47 Å². The van der Waals surface area contributed by atoms with Gasteiger partial charge in [0.1, 0.15) is 0 Å². The summed E-state index contributed by atoms with van der Waals surface area (Å²) in [6.07, 6.45) is 0.695. The van der Waals surface area contributed by atoms with Gasteiger partial charge in [0.15, 0.2) is 11.5 Å². The molecule has 166 valence electrons. The van der Waals surface area contributed by atoms with Crippen molar-refractivity contribution in [2.24, 2.45) is 0 Å². The van der Waals surface area contributed by atoms with Gasteiger partial charge in [-0.1, -0.05) is 31.2 Å². The lowest BCUT2D eigenvalue weighted by atomic mass is 9.91. The molecule has 0 aliphatic carbocycles. The molecular formula is C25H20N2O6. The zero-order chi connectivity index (χ0) is 22.9. The van der Waals surface area contributed by atoms with Crippen molar-refractivity contribution in [3.8, 4) is 11.5 Å². The van der Waals surface area contributed by atoms with Gasteiger partial charge < -0.3 is 29.2 Å². The third kappa shape index (κ3) is 2.64. The monoisotopic (exact) mass is 444 g/mol. The first-order chi connectivity index (χ1) is 16.0. The minimum atomic E-state index is -1.23. The van der Waals surface area contributed by atoms with Gasteiger partial charge in [0, 0.05) is 34.4 Å². The average Bonchev–Trinajstić information content (AvgIpc) is 3.50. The van der Waals surface area contributed by atoms with Crippen molar-refractivity contribution in [3.05, 3.63) is 81.8 Å². The van der Waals surface area contributed by atoms with E-state index < -0.39 is 18.0 Å². The molecule has 2 aliphatic rings. The number of nitrogens with zero attached hydrogens (tertiary/aromatic N) is 1. The number of aromatic carboxylic acids is 2. The Balaban J connectivity index is 1.71. The molecular weight excluding hydrogens is 424 g/mol. The molecule has 0 saturated carbocycles. The van der Waals surface area contributed by atoms with E-state index in [9.17, 15) is 19.8 Å². The minimum Gasteiger partial charge on any atom is -0.478 e. The molecule has 2 aliphatic heterocycles. The molecule has 8 heteroatoms. The number of benzene rings is 2. The number of carboxylic acids is 2. The van der Waals surface area contributed by atoms with Gasteiger partial charge in [0.2, 0.25) is 6.79 Å². The first-order valence-corrected chi connectivity index (χ1v) is 10.7. The molecule has 0 amide bonds. The normalized spacial score (nSPS) is 16.0. The fraction of sp³-hybridized carbons (Fsp3) is 0.200. The number of H-pyrrole nitrogens is 1. The van der Waals surface area contributed by atoms with E-state index >= 15 is 0 Å². The molecule has 1 atom stereocenters. The summed E-state index contributed by atoms with van der Waals surface area (Å²) in [6, 6.07) is 13.1. The van der Waals surface area contributed by atoms with Crippen LogP contribution in [-0.4, -0.2) is 38.5 Å². The van der Waals surface area contributed by atoms with Gasteiger partial charge in [-0.3, -0.25) is 0 Å². The summed E-state index contributed by atoms with van der Waals surface area (Å²) in [5.74, 6) is -1.21. The summed E-state index contributed by atoms with van der Waals surface area (Å²) in [5, 5.41) is 21.0. The smallest absolute Gasteiger partial charge is 0.338 e. The lowest BCUT2D eigenvalue weighted by Crippen LogP contribution is -2.24. The minimum absolute atomic E-state index is 0.138. The van der Waals surface area contributed by atoms with E-state index in [0.717, 1.165) is 27.7 Å². The van der Waals surface area contributed by atoms with Crippen LogP contribution in [-0.2, 0) is 12.8 Å². The number of carboxylic acid groups (broad SMARTS) is 2. The molecule has 0 bridgehead atoms. The van der Waals surface area contributed by atoms with Crippen molar-refractivity contribution in [2.45, 2.75) is 25.8 Å². The van der Waals surface area contributed by atoms with Crippen LogP contribution in [0.1, 0.15) is 61.9 Å². The maximum Gasteiger partial charge on any atom is 0.338 e. The van der Waals surface area contributed by atoms with Crippen LogP contribution in [0.15, 0.2) is 42.5 Å². The summed E-state index contributed by atoms with van der Waals surface area (Å²) < 4.78 is 13.0. The fourth-order valence-corrected chi connectivity index (χ4v) is 5.33. The lowest BCUT2D eigenvalue weighted by molar-refractivity contribution is 0.0651. The van der Waals surface area contributed by atoms with Crippen LogP contribution < -0.4 is 9.47 Å². The second kappa shape index (κ2) is 6.90. The number of hydrogen-bond donors (Lipinski definition) is 3. The Morgan fingerprint density at radius 1 is 1.06 bits per heavy atom. The van der Waals surface area contributed by atoms with E-state index in [2.05, 4.69) is 4.98 Å². The van der Waals surface area contributed by atoms with Gasteiger partial charge in [-0.05, 0) is 35.7 Å². The van der Waals surface area contributed by atoms with Crippen LogP contribution in [0.5, 0.6) is 11.5 Å². The molecule has 2 aromatic carbocycles. The van der Waals surface area contributed by atoms with Gasteiger partial charge in [0.25, 0.3) is 0 Å². The Morgan fingerprint density at radius 3 is 2.58 bits per heavy atom. The van der Waals surface area contributed by atoms with Crippen molar-refractivity contribution in [1.29, 1.82) is 0 Å². The third-order valence-corrected chi connectivity index (χ3v) is 6.61. The lowest BCUT2D eigenvalue weighted by Gasteiger charge is -2.29. The quantitative estimate of drug-likeness (QED) is 0.383. The molecule has 4 aromatic rings. The van der Waals surface area contributed by atoms with E-state index in [1.54, 1.807) is 0 Å². The molecule has 0 radical (unpaired) electrons. The largest absolute Gasteiger partial charge is 0.478 e. The predicted molar refractivity (Wildman–Crippen MR) is 119 cm³/mol. The topological polar surface area (TPSA) is 114 Å². The van der Waals surface area contributed by atoms with Gasteiger partial charge in [0.05, 0.1) is 17.2 Å². The molecule has 3 N–H and O–H groups in total. The number of aromatic nitrogens is 2. The molecule has 4 heterocycles. The number of hydrogen-bond acceptors (Lipinski definition) is 4. The van der Waals surface area contributed by atoms with Crippen molar-refractivity contribution in [3.63, 3.8) is 0 Å². The highest BCUT2D eigenvalue weighted by atomic mass is 16.7. The zero-order valence-electron chi connectivity index (χ0n) is 17.7. The van der Waals surface area contributed by atoms with Crippen LogP contribution in [0, 0.1) is 0 Å². The second-order valence-electron chi connectivity index (χ2n) is 8.23. The highest BCUT2D eigenvalue weighted by Gasteiger charge is 2.39. The number of aromatic amines is 1. The number of para-hydroxylation sites is 1. The molecule has 0 spiro atoms. The average molecular weight is 444 g/mol. The van der Waals surface area contributed by atoms with Gasteiger partial charge in [-0.2, -0.15) is 0 Å². The number of rotatable bonds is 4. The Labute approximate surface area is 188 Å². The van der Waals surface area contributed by atoms with E-state index in [-0.39, 0.29) is 17.9 Å².